The second kappa shape index (κ2) is 6.00. The minimum Gasteiger partial charge on any atom is -0.486 e. The summed E-state index contributed by atoms with van der Waals surface area (Å²) < 4.78 is 33.6. The van der Waals surface area contributed by atoms with Gasteiger partial charge in [-0.25, -0.2) is 8.42 Å². The Morgan fingerprint density at radius 1 is 1.23 bits per heavy atom. The summed E-state index contributed by atoms with van der Waals surface area (Å²) in [6, 6.07) is 5.15. The van der Waals surface area contributed by atoms with Crippen molar-refractivity contribution in [2.45, 2.75) is 12.5 Å². The zero-order valence-corrected chi connectivity index (χ0v) is 12.8. The van der Waals surface area contributed by atoms with Crippen molar-refractivity contribution in [1.82, 2.24) is 5.32 Å². The summed E-state index contributed by atoms with van der Waals surface area (Å²) >= 11 is 0. The molecule has 2 aliphatic heterocycles. The average Bonchev–Trinajstić information content (AvgIpc) is 2.84. The molecule has 0 aliphatic carbocycles. The molecule has 118 valence electrons. The van der Waals surface area contributed by atoms with Crippen LogP contribution in [0, 0.1) is 0 Å². The Hall–Kier alpha value is -2.02. The number of carbonyl (C=O) groups is 1. The molecule has 1 aromatic carbocycles. The van der Waals surface area contributed by atoms with E-state index in [0.717, 1.165) is 5.56 Å². The molecule has 0 radical (unpaired) electrons. The molecule has 22 heavy (non-hydrogen) atoms. The highest BCUT2D eigenvalue weighted by Gasteiger charge is 2.28. The van der Waals surface area contributed by atoms with Gasteiger partial charge in [0.15, 0.2) is 21.3 Å². The highest BCUT2D eigenvalue weighted by atomic mass is 32.2. The normalized spacial score (nSPS) is 22.6. The van der Waals surface area contributed by atoms with Gasteiger partial charge in [-0.2, -0.15) is 0 Å². The van der Waals surface area contributed by atoms with Gasteiger partial charge in [0, 0.05) is 12.1 Å². The van der Waals surface area contributed by atoms with Crippen LogP contribution in [-0.4, -0.2) is 45.1 Å². The van der Waals surface area contributed by atoms with Crippen LogP contribution in [0.3, 0.4) is 0 Å². The fourth-order valence-electron chi connectivity index (χ4n) is 2.49. The quantitative estimate of drug-likeness (QED) is 0.831. The lowest BCUT2D eigenvalue weighted by Crippen LogP contribution is -2.34. The predicted octanol–water partition coefficient (Wildman–Crippen LogP) is 0.774. The number of amides is 1. The van der Waals surface area contributed by atoms with Gasteiger partial charge in [0.2, 0.25) is 5.91 Å². The second-order valence-electron chi connectivity index (χ2n) is 5.34. The number of nitrogens with one attached hydrogen (secondary N) is 1. The summed E-state index contributed by atoms with van der Waals surface area (Å²) in [5, 5.41) is 2.71. The molecule has 3 rings (SSSR count). The first-order chi connectivity index (χ1) is 10.5. The summed E-state index contributed by atoms with van der Waals surface area (Å²) in [6.07, 6.45) is 3.54. The van der Waals surface area contributed by atoms with Crippen molar-refractivity contribution in [2.24, 2.45) is 0 Å². The molecule has 0 spiro atoms. The van der Waals surface area contributed by atoms with Gasteiger partial charge in [-0.05, 0) is 30.2 Å². The molecule has 1 aromatic rings. The lowest BCUT2D eigenvalue weighted by Gasteiger charge is -2.18. The van der Waals surface area contributed by atoms with E-state index in [1.54, 1.807) is 18.2 Å². The molecule has 6 nitrogen and oxygen atoms in total. The molecule has 0 saturated carbocycles. The van der Waals surface area contributed by atoms with Crippen molar-refractivity contribution in [3.05, 3.63) is 29.8 Å². The fourth-order valence-corrected chi connectivity index (χ4v) is 4.17. The topological polar surface area (TPSA) is 81.7 Å². The van der Waals surface area contributed by atoms with Crippen LogP contribution < -0.4 is 14.8 Å². The third-order valence-corrected chi connectivity index (χ3v) is 5.34. The van der Waals surface area contributed by atoms with Crippen LogP contribution in [-0.2, 0) is 14.6 Å². The highest BCUT2D eigenvalue weighted by molar-refractivity contribution is 7.91. The molecule has 0 unspecified atom stereocenters. The summed E-state index contributed by atoms with van der Waals surface area (Å²) in [5.74, 6) is 1.23. The van der Waals surface area contributed by atoms with Gasteiger partial charge in [-0.15, -0.1) is 0 Å². The van der Waals surface area contributed by atoms with Crippen molar-refractivity contribution in [2.75, 3.05) is 24.7 Å². The van der Waals surface area contributed by atoms with Gasteiger partial charge in [0.1, 0.15) is 13.2 Å². The first kappa shape index (κ1) is 14.9. The molecule has 1 fully saturated rings. The number of fused-ring (bicyclic) bond motifs is 1. The number of sulfone groups is 1. The summed E-state index contributed by atoms with van der Waals surface area (Å²) in [6.45, 7) is 1.05. The van der Waals surface area contributed by atoms with Crippen LogP contribution >= 0.6 is 0 Å². The van der Waals surface area contributed by atoms with Gasteiger partial charge in [-0.1, -0.05) is 6.07 Å². The van der Waals surface area contributed by atoms with E-state index in [1.807, 2.05) is 6.07 Å². The highest BCUT2D eigenvalue weighted by Crippen LogP contribution is 2.31. The standard InChI is InChI=1S/C15H17NO5S/c17-15(16-12-5-8-22(18,19)10-12)4-2-11-1-3-13-14(9-11)21-7-6-20-13/h1-4,9,12H,5-8,10H2,(H,16,17)/b4-2-/t12-/m1/s1. The van der Waals surface area contributed by atoms with Crippen LogP contribution in [0.25, 0.3) is 6.08 Å². The monoisotopic (exact) mass is 323 g/mol. The van der Waals surface area contributed by atoms with Gasteiger partial charge < -0.3 is 14.8 Å². The number of hydrogen-bond acceptors (Lipinski definition) is 5. The molecular formula is C15H17NO5S. The fraction of sp³-hybridized carbons (Fsp3) is 0.400. The minimum absolute atomic E-state index is 0.0244. The maximum Gasteiger partial charge on any atom is 0.244 e. The summed E-state index contributed by atoms with van der Waals surface area (Å²) in [7, 11) is -2.99. The van der Waals surface area contributed by atoms with Crippen molar-refractivity contribution in [3.63, 3.8) is 0 Å². The van der Waals surface area contributed by atoms with E-state index in [-0.39, 0.29) is 23.5 Å². The van der Waals surface area contributed by atoms with Crippen LogP contribution in [0.1, 0.15) is 12.0 Å². The van der Waals surface area contributed by atoms with Crippen LogP contribution in [0.4, 0.5) is 0 Å². The Morgan fingerprint density at radius 2 is 2.00 bits per heavy atom. The Labute approximate surface area is 129 Å². The average molecular weight is 323 g/mol. The van der Waals surface area contributed by atoms with Gasteiger partial charge >= 0.3 is 0 Å². The zero-order chi connectivity index (χ0) is 15.6. The van der Waals surface area contributed by atoms with Gasteiger partial charge in [0.05, 0.1) is 11.5 Å². The van der Waals surface area contributed by atoms with E-state index in [2.05, 4.69) is 5.32 Å². The smallest absolute Gasteiger partial charge is 0.244 e. The molecule has 1 saturated heterocycles. The lowest BCUT2D eigenvalue weighted by molar-refractivity contribution is -0.116. The van der Waals surface area contributed by atoms with E-state index >= 15 is 0 Å². The Morgan fingerprint density at radius 3 is 2.73 bits per heavy atom. The minimum atomic E-state index is -2.99. The predicted molar refractivity (Wildman–Crippen MR) is 81.7 cm³/mol. The maximum absolute atomic E-state index is 11.8. The Balaban J connectivity index is 1.60. The van der Waals surface area contributed by atoms with Crippen LogP contribution in [0.5, 0.6) is 11.5 Å². The van der Waals surface area contributed by atoms with Crippen LogP contribution in [0.15, 0.2) is 24.3 Å². The van der Waals surface area contributed by atoms with Crippen molar-refractivity contribution in [1.29, 1.82) is 0 Å². The zero-order valence-electron chi connectivity index (χ0n) is 11.9. The molecule has 2 heterocycles. The van der Waals surface area contributed by atoms with Crippen LogP contribution in [0.2, 0.25) is 0 Å². The maximum atomic E-state index is 11.8. The van der Waals surface area contributed by atoms with E-state index < -0.39 is 9.84 Å². The third kappa shape index (κ3) is 3.59. The number of rotatable bonds is 3. The molecular weight excluding hydrogens is 306 g/mol. The first-order valence-corrected chi connectivity index (χ1v) is 8.93. The summed E-state index contributed by atoms with van der Waals surface area (Å²) in [5.41, 5.74) is 0.818. The Kier molecular flexibility index (Phi) is 4.06. The first-order valence-electron chi connectivity index (χ1n) is 7.10. The molecule has 1 N–H and O–H groups in total. The molecule has 1 amide bonds. The number of hydrogen-bond donors (Lipinski definition) is 1. The Bertz CT molecular complexity index is 711. The molecule has 2 aliphatic rings. The van der Waals surface area contributed by atoms with Gasteiger partial charge in [0.25, 0.3) is 0 Å². The lowest BCUT2D eigenvalue weighted by atomic mass is 10.1. The van der Waals surface area contributed by atoms with Gasteiger partial charge in [-0.3, -0.25) is 4.79 Å². The number of ether oxygens (including phenoxy) is 2. The van der Waals surface area contributed by atoms with Crippen molar-refractivity contribution >= 4 is 21.8 Å². The van der Waals surface area contributed by atoms with E-state index in [4.69, 9.17) is 9.47 Å². The molecule has 1 atom stereocenters. The SMILES string of the molecule is O=C(/C=C\c1ccc2c(c1)OCCO2)N[C@@H]1CCS(=O)(=O)C1. The molecule has 7 heteroatoms. The largest absolute Gasteiger partial charge is 0.486 e. The van der Waals surface area contributed by atoms with E-state index in [1.165, 1.54) is 6.08 Å². The third-order valence-electron chi connectivity index (χ3n) is 3.57. The number of benzene rings is 1. The van der Waals surface area contributed by atoms with E-state index in [0.29, 0.717) is 31.1 Å². The summed E-state index contributed by atoms with van der Waals surface area (Å²) in [4.78, 5) is 11.8. The van der Waals surface area contributed by atoms with E-state index in [9.17, 15) is 13.2 Å². The molecule has 0 bridgehead atoms. The van der Waals surface area contributed by atoms with Crippen molar-refractivity contribution < 1.29 is 22.7 Å². The molecule has 0 aromatic heterocycles. The van der Waals surface area contributed by atoms with Crippen molar-refractivity contribution in [3.8, 4) is 11.5 Å². The number of carbonyl (C=O) groups excluding carboxylic acids is 1. The second-order valence-corrected chi connectivity index (χ2v) is 7.57.